The summed E-state index contributed by atoms with van der Waals surface area (Å²) in [6.07, 6.45) is 0. The summed E-state index contributed by atoms with van der Waals surface area (Å²) in [6.45, 7) is 6.00. The van der Waals surface area contributed by atoms with Crippen molar-refractivity contribution >= 4 is 22.5 Å². The SMILES string of the molecule is Cc1cccc(Nc2nc(C)nc3[nH]c(C)cc23)c1. The minimum Gasteiger partial charge on any atom is -0.343 e. The normalized spacial score (nSPS) is 10.9. The van der Waals surface area contributed by atoms with Crippen LogP contribution in [-0.4, -0.2) is 15.0 Å². The number of hydrogen-bond acceptors (Lipinski definition) is 3. The molecule has 0 amide bonds. The van der Waals surface area contributed by atoms with E-state index < -0.39 is 0 Å². The molecule has 1 aromatic carbocycles. The molecule has 0 spiro atoms. The standard InChI is InChI=1S/C15H16N4/c1-9-5-4-6-12(7-9)19-15-13-8-10(2)16-14(13)17-11(3)18-15/h4-8H,1-3H3,(H2,16,17,18,19). The third kappa shape index (κ3) is 2.29. The van der Waals surface area contributed by atoms with E-state index in [1.54, 1.807) is 0 Å². The molecule has 2 N–H and O–H groups in total. The van der Waals surface area contributed by atoms with Crippen molar-refractivity contribution in [2.75, 3.05) is 5.32 Å². The molecule has 96 valence electrons. The largest absolute Gasteiger partial charge is 0.343 e. The molecule has 0 radical (unpaired) electrons. The number of aryl methyl sites for hydroxylation is 3. The summed E-state index contributed by atoms with van der Waals surface area (Å²) < 4.78 is 0. The third-order valence-electron chi connectivity index (χ3n) is 3.01. The lowest BCUT2D eigenvalue weighted by atomic mass is 10.2. The molecule has 19 heavy (non-hydrogen) atoms. The van der Waals surface area contributed by atoms with Crippen LogP contribution < -0.4 is 5.32 Å². The molecule has 0 fully saturated rings. The van der Waals surface area contributed by atoms with Crippen molar-refractivity contribution in [2.45, 2.75) is 20.8 Å². The monoisotopic (exact) mass is 252 g/mol. The highest BCUT2D eigenvalue weighted by Gasteiger charge is 2.08. The summed E-state index contributed by atoms with van der Waals surface area (Å²) >= 11 is 0. The summed E-state index contributed by atoms with van der Waals surface area (Å²) in [7, 11) is 0. The zero-order valence-electron chi connectivity index (χ0n) is 11.3. The van der Waals surface area contributed by atoms with Crippen molar-refractivity contribution in [1.82, 2.24) is 15.0 Å². The van der Waals surface area contributed by atoms with Crippen LogP contribution in [0.15, 0.2) is 30.3 Å². The molecule has 0 aliphatic rings. The average Bonchev–Trinajstić information content (AvgIpc) is 2.69. The number of H-pyrrole nitrogens is 1. The van der Waals surface area contributed by atoms with Gasteiger partial charge in [-0.2, -0.15) is 0 Å². The number of rotatable bonds is 2. The fourth-order valence-electron chi connectivity index (χ4n) is 2.21. The van der Waals surface area contributed by atoms with Crippen LogP contribution in [0.25, 0.3) is 11.0 Å². The van der Waals surface area contributed by atoms with Gasteiger partial charge in [0.25, 0.3) is 0 Å². The summed E-state index contributed by atoms with van der Waals surface area (Å²) in [6, 6.07) is 10.3. The highest BCUT2D eigenvalue weighted by Crippen LogP contribution is 2.24. The Kier molecular flexibility index (Phi) is 2.71. The summed E-state index contributed by atoms with van der Waals surface area (Å²) in [5, 5.41) is 4.39. The molecule has 0 saturated carbocycles. The highest BCUT2D eigenvalue weighted by atomic mass is 15.1. The Morgan fingerprint density at radius 1 is 1.05 bits per heavy atom. The first-order valence-corrected chi connectivity index (χ1v) is 6.29. The molecular weight excluding hydrogens is 236 g/mol. The number of fused-ring (bicyclic) bond motifs is 1. The second-order valence-electron chi connectivity index (χ2n) is 4.83. The first-order chi connectivity index (χ1) is 9.11. The zero-order valence-corrected chi connectivity index (χ0v) is 11.3. The van der Waals surface area contributed by atoms with Gasteiger partial charge in [0.05, 0.1) is 5.39 Å². The summed E-state index contributed by atoms with van der Waals surface area (Å²) in [4.78, 5) is 12.2. The molecule has 0 atom stereocenters. The summed E-state index contributed by atoms with van der Waals surface area (Å²) in [5.41, 5.74) is 4.22. The van der Waals surface area contributed by atoms with Gasteiger partial charge in [0.1, 0.15) is 17.3 Å². The van der Waals surface area contributed by atoms with Crippen molar-refractivity contribution < 1.29 is 0 Å². The van der Waals surface area contributed by atoms with Gasteiger partial charge in [-0.15, -0.1) is 0 Å². The molecule has 0 saturated heterocycles. The van der Waals surface area contributed by atoms with Gasteiger partial charge < -0.3 is 10.3 Å². The average molecular weight is 252 g/mol. The maximum absolute atomic E-state index is 4.50. The Balaban J connectivity index is 2.09. The van der Waals surface area contributed by atoms with Gasteiger partial charge >= 0.3 is 0 Å². The van der Waals surface area contributed by atoms with Crippen molar-refractivity contribution in [2.24, 2.45) is 0 Å². The molecule has 0 aliphatic carbocycles. The molecule has 2 aromatic heterocycles. The molecule has 0 unspecified atom stereocenters. The fourth-order valence-corrected chi connectivity index (χ4v) is 2.21. The van der Waals surface area contributed by atoms with Crippen LogP contribution in [-0.2, 0) is 0 Å². The number of nitrogens with zero attached hydrogens (tertiary/aromatic N) is 2. The first kappa shape index (κ1) is 11.7. The molecule has 3 aromatic rings. The Labute approximate surface area is 111 Å². The van der Waals surface area contributed by atoms with E-state index in [4.69, 9.17) is 0 Å². The predicted octanol–water partition coefficient (Wildman–Crippen LogP) is 3.63. The number of aromatic nitrogens is 3. The Morgan fingerprint density at radius 2 is 1.89 bits per heavy atom. The second kappa shape index (κ2) is 4.39. The van der Waals surface area contributed by atoms with Gasteiger partial charge in [-0.3, -0.25) is 0 Å². The van der Waals surface area contributed by atoms with Gasteiger partial charge in [0.2, 0.25) is 0 Å². The van der Waals surface area contributed by atoms with Crippen LogP contribution in [0.4, 0.5) is 11.5 Å². The zero-order chi connectivity index (χ0) is 13.4. The predicted molar refractivity (Wildman–Crippen MR) is 77.8 cm³/mol. The van der Waals surface area contributed by atoms with Gasteiger partial charge in [-0.25, -0.2) is 9.97 Å². The van der Waals surface area contributed by atoms with E-state index in [0.29, 0.717) is 0 Å². The van der Waals surface area contributed by atoms with E-state index in [2.05, 4.69) is 45.4 Å². The molecular formula is C15H16N4. The lowest BCUT2D eigenvalue weighted by Gasteiger charge is -2.08. The Morgan fingerprint density at radius 3 is 2.68 bits per heavy atom. The number of anilines is 2. The minimum absolute atomic E-state index is 0.754. The van der Waals surface area contributed by atoms with Gasteiger partial charge in [0, 0.05) is 11.4 Å². The van der Waals surface area contributed by atoms with E-state index in [-0.39, 0.29) is 0 Å². The third-order valence-corrected chi connectivity index (χ3v) is 3.01. The highest BCUT2D eigenvalue weighted by molar-refractivity contribution is 5.89. The van der Waals surface area contributed by atoms with Gasteiger partial charge in [-0.1, -0.05) is 12.1 Å². The van der Waals surface area contributed by atoms with Crippen LogP contribution >= 0.6 is 0 Å². The van der Waals surface area contributed by atoms with E-state index in [1.807, 2.05) is 26.0 Å². The van der Waals surface area contributed by atoms with Crippen LogP contribution in [0.2, 0.25) is 0 Å². The molecule has 4 nitrogen and oxygen atoms in total. The molecule has 0 bridgehead atoms. The molecule has 2 heterocycles. The van der Waals surface area contributed by atoms with Crippen LogP contribution in [0, 0.1) is 20.8 Å². The van der Waals surface area contributed by atoms with E-state index >= 15 is 0 Å². The van der Waals surface area contributed by atoms with E-state index in [0.717, 1.165) is 34.1 Å². The lowest BCUT2D eigenvalue weighted by molar-refractivity contribution is 1.08. The molecule has 3 rings (SSSR count). The van der Waals surface area contributed by atoms with Crippen molar-refractivity contribution in [3.05, 3.63) is 47.4 Å². The number of aromatic amines is 1. The minimum atomic E-state index is 0.754. The van der Waals surface area contributed by atoms with Crippen LogP contribution in [0.1, 0.15) is 17.1 Å². The lowest BCUT2D eigenvalue weighted by Crippen LogP contribution is -1.98. The van der Waals surface area contributed by atoms with Crippen LogP contribution in [0.3, 0.4) is 0 Å². The molecule has 0 aliphatic heterocycles. The van der Waals surface area contributed by atoms with Crippen molar-refractivity contribution in [3.8, 4) is 0 Å². The second-order valence-corrected chi connectivity index (χ2v) is 4.83. The number of hydrogen-bond donors (Lipinski definition) is 2. The van der Waals surface area contributed by atoms with E-state index in [1.165, 1.54) is 5.56 Å². The van der Waals surface area contributed by atoms with Crippen LogP contribution in [0.5, 0.6) is 0 Å². The Hall–Kier alpha value is -2.36. The quantitative estimate of drug-likeness (QED) is 0.732. The fraction of sp³-hybridized carbons (Fsp3) is 0.200. The topological polar surface area (TPSA) is 53.6 Å². The smallest absolute Gasteiger partial charge is 0.143 e. The summed E-state index contributed by atoms with van der Waals surface area (Å²) in [5.74, 6) is 1.60. The van der Waals surface area contributed by atoms with Gasteiger partial charge in [-0.05, 0) is 44.5 Å². The Bertz CT molecular complexity index is 743. The van der Waals surface area contributed by atoms with E-state index in [9.17, 15) is 0 Å². The maximum Gasteiger partial charge on any atom is 0.143 e. The van der Waals surface area contributed by atoms with Crippen molar-refractivity contribution in [3.63, 3.8) is 0 Å². The maximum atomic E-state index is 4.50. The number of benzene rings is 1. The van der Waals surface area contributed by atoms with Crippen molar-refractivity contribution in [1.29, 1.82) is 0 Å². The number of nitrogens with one attached hydrogen (secondary N) is 2. The van der Waals surface area contributed by atoms with Gasteiger partial charge in [0.15, 0.2) is 0 Å². The first-order valence-electron chi connectivity index (χ1n) is 6.29. The molecule has 4 heteroatoms.